The van der Waals surface area contributed by atoms with Crippen LogP contribution in [-0.4, -0.2) is 49.3 Å². The van der Waals surface area contributed by atoms with Gasteiger partial charge in [0.05, 0.1) is 44.8 Å². The normalized spacial score (nSPS) is 14.0. The second kappa shape index (κ2) is 9.37. The standard InChI is InChI=1S/C23H24N4O5S/c1-30-19-9-5-14(20(31-2)21(19)32-3)11-25-27-17(12-33-23(27)26-15-6-7-15)13-4-8-18(28)16(10-13)22(24)29/h4-5,8-12,15,28H,6-7H2,1-3H3,(H2,24,29)/b25-11+,26-23?. The van der Waals surface area contributed by atoms with Crippen LogP contribution in [0.3, 0.4) is 0 Å². The molecule has 3 N–H and O–H groups in total. The highest BCUT2D eigenvalue weighted by atomic mass is 32.1. The van der Waals surface area contributed by atoms with Crippen LogP contribution in [0.5, 0.6) is 23.0 Å². The lowest BCUT2D eigenvalue weighted by Gasteiger charge is -2.13. The fraction of sp³-hybridized carbons (Fsp3) is 0.261. The molecule has 0 atom stereocenters. The first-order valence-corrected chi connectivity index (χ1v) is 11.1. The molecule has 2 aromatic carbocycles. The fourth-order valence-electron chi connectivity index (χ4n) is 3.30. The molecule has 0 bridgehead atoms. The summed E-state index contributed by atoms with van der Waals surface area (Å²) >= 11 is 1.44. The number of nitrogens with two attached hydrogens (primary N) is 1. The lowest BCUT2D eigenvalue weighted by Crippen LogP contribution is -2.14. The third kappa shape index (κ3) is 4.56. The minimum Gasteiger partial charge on any atom is -0.507 e. The molecule has 1 saturated carbocycles. The minimum absolute atomic E-state index is 0.0384. The highest BCUT2D eigenvalue weighted by Crippen LogP contribution is 2.39. The van der Waals surface area contributed by atoms with Gasteiger partial charge in [0.2, 0.25) is 10.6 Å². The summed E-state index contributed by atoms with van der Waals surface area (Å²) < 4.78 is 18.1. The van der Waals surface area contributed by atoms with Gasteiger partial charge in [0.1, 0.15) is 5.75 Å². The van der Waals surface area contributed by atoms with Gasteiger partial charge < -0.3 is 25.1 Å². The first-order valence-electron chi connectivity index (χ1n) is 10.2. The zero-order chi connectivity index (χ0) is 23.5. The number of ether oxygens (including phenoxy) is 3. The second-order valence-electron chi connectivity index (χ2n) is 7.34. The maximum absolute atomic E-state index is 11.7. The molecule has 0 aliphatic heterocycles. The van der Waals surface area contributed by atoms with E-state index in [2.05, 4.69) is 5.10 Å². The van der Waals surface area contributed by atoms with E-state index < -0.39 is 5.91 Å². The first-order chi connectivity index (χ1) is 16.0. The van der Waals surface area contributed by atoms with Crippen LogP contribution in [0.1, 0.15) is 28.8 Å². The summed E-state index contributed by atoms with van der Waals surface area (Å²) in [4.78, 5) is 17.2. The maximum Gasteiger partial charge on any atom is 0.252 e. The molecule has 0 unspecified atom stereocenters. The molecule has 9 nitrogen and oxygen atoms in total. The van der Waals surface area contributed by atoms with Crippen molar-refractivity contribution in [1.29, 1.82) is 0 Å². The molecule has 1 amide bonds. The number of aromatic hydroxyl groups is 1. The van der Waals surface area contributed by atoms with Gasteiger partial charge in [-0.05, 0) is 43.2 Å². The Kier molecular flexibility index (Phi) is 6.36. The Bertz CT molecular complexity index is 1290. The number of hydrogen-bond acceptors (Lipinski definition) is 8. The van der Waals surface area contributed by atoms with Crippen molar-refractivity contribution in [2.75, 3.05) is 21.3 Å². The molecule has 33 heavy (non-hydrogen) atoms. The zero-order valence-electron chi connectivity index (χ0n) is 18.4. The van der Waals surface area contributed by atoms with Gasteiger partial charge in [-0.25, -0.2) is 4.68 Å². The van der Waals surface area contributed by atoms with Crippen LogP contribution in [0.4, 0.5) is 0 Å². The predicted octanol–water partition coefficient (Wildman–Crippen LogP) is 2.99. The van der Waals surface area contributed by atoms with Crippen LogP contribution >= 0.6 is 11.3 Å². The first kappa shape index (κ1) is 22.4. The Morgan fingerprint density at radius 1 is 1.15 bits per heavy atom. The Labute approximate surface area is 194 Å². The van der Waals surface area contributed by atoms with Gasteiger partial charge >= 0.3 is 0 Å². The lowest BCUT2D eigenvalue weighted by atomic mass is 10.1. The number of phenols is 1. The number of rotatable bonds is 8. The number of amides is 1. The summed E-state index contributed by atoms with van der Waals surface area (Å²) in [5, 5.41) is 16.6. The summed E-state index contributed by atoms with van der Waals surface area (Å²) in [6, 6.07) is 8.57. The molecule has 1 fully saturated rings. The lowest BCUT2D eigenvalue weighted by molar-refractivity contribution is 0.0998. The third-order valence-corrected chi connectivity index (χ3v) is 5.96. The van der Waals surface area contributed by atoms with E-state index in [4.69, 9.17) is 24.9 Å². The molecule has 4 rings (SSSR count). The van der Waals surface area contributed by atoms with Crippen LogP contribution in [0.2, 0.25) is 0 Å². The van der Waals surface area contributed by atoms with E-state index in [1.807, 2.05) is 11.4 Å². The SMILES string of the molecule is COc1ccc(/C=N/n2c(-c3ccc(O)c(C(N)=O)c3)csc2=NC2CC2)c(OC)c1OC. The van der Waals surface area contributed by atoms with Crippen LogP contribution < -0.4 is 24.7 Å². The van der Waals surface area contributed by atoms with Crippen molar-refractivity contribution < 1.29 is 24.1 Å². The number of aromatic nitrogens is 1. The molecule has 3 aromatic rings. The van der Waals surface area contributed by atoms with Crippen molar-refractivity contribution in [3.05, 3.63) is 51.6 Å². The monoisotopic (exact) mass is 468 g/mol. The smallest absolute Gasteiger partial charge is 0.252 e. The predicted molar refractivity (Wildman–Crippen MR) is 126 cm³/mol. The molecule has 1 aliphatic carbocycles. The zero-order valence-corrected chi connectivity index (χ0v) is 19.3. The topological polar surface area (TPSA) is 121 Å². The van der Waals surface area contributed by atoms with Crippen molar-refractivity contribution >= 4 is 23.5 Å². The van der Waals surface area contributed by atoms with Crippen LogP contribution in [0, 0.1) is 0 Å². The van der Waals surface area contributed by atoms with E-state index >= 15 is 0 Å². The Balaban J connectivity index is 1.83. The van der Waals surface area contributed by atoms with Crippen molar-refractivity contribution in [3.8, 4) is 34.3 Å². The molecular formula is C23H24N4O5S. The molecule has 0 spiro atoms. The van der Waals surface area contributed by atoms with Gasteiger partial charge in [-0.15, -0.1) is 11.3 Å². The number of thiazole rings is 1. The molecular weight excluding hydrogens is 444 g/mol. The third-order valence-electron chi connectivity index (χ3n) is 5.13. The molecule has 1 heterocycles. The maximum atomic E-state index is 11.7. The van der Waals surface area contributed by atoms with Gasteiger partial charge in [0, 0.05) is 16.5 Å². The Hall–Kier alpha value is -3.79. The highest BCUT2D eigenvalue weighted by Gasteiger charge is 2.21. The van der Waals surface area contributed by atoms with Crippen LogP contribution in [-0.2, 0) is 0 Å². The van der Waals surface area contributed by atoms with Crippen molar-refractivity contribution in [1.82, 2.24) is 4.68 Å². The minimum atomic E-state index is -0.711. The molecule has 10 heteroatoms. The number of carbonyl (C=O) groups excluding carboxylic acids is 1. The van der Waals surface area contributed by atoms with Gasteiger partial charge in [-0.2, -0.15) is 5.10 Å². The van der Waals surface area contributed by atoms with Gasteiger partial charge in [0.25, 0.3) is 5.91 Å². The van der Waals surface area contributed by atoms with Crippen molar-refractivity contribution in [2.45, 2.75) is 18.9 Å². The largest absolute Gasteiger partial charge is 0.507 e. The van der Waals surface area contributed by atoms with Gasteiger partial charge in [-0.3, -0.25) is 9.79 Å². The van der Waals surface area contributed by atoms with Gasteiger partial charge in [0.15, 0.2) is 11.5 Å². The number of hydrogen-bond donors (Lipinski definition) is 2. The summed E-state index contributed by atoms with van der Waals surface area (Å²) in [5.74, 6) is 0.612. The van der Waals surface area contributed by atoms with Crippen molar-refractivity contribution in [2.24, 2.45) is 15.8 Å². The molecule has 0 saturated heterocycles. The molecule has 172 valence electrons. The Morgan fingerprint density at radius 3 is 2.55 bits per heavy atom. The van der Waals surface area contributed by atoms with E-state index in [0.29, 0.717) is 34.1 Å². The summed E-state index contributed by atoms with van der Waals surface area (Å²) in [7, 11) is 4.65. The number of methoxy groups -OCH3 is 3. The van der Waals surface area contributed by atoms with E-state index in [9.17, 15) is 9.90 Å². The van der Waals surface area contributed by atoms with Gasteiger partial charge in [-0.1, -0.05) is 0 Å². The van der Waals surface area contributed by atoms with Crippen LogP contribution in [0.15, 0.2) is 45.8 Å². The average molecular weight is 469 g/mol. The molecule has 0 radical (unpaired) electrons. The van der Waals surface area contributed by atoms with E-state index in [1.165, 1.54) is 17.4 Å². The molecule has 1 aromatic heterocycles. The fourth-order valence-corrected chi connectivity index (χ4v) is 4.21. The van der Waals surface area contributed by atoms with E-state index in [-0.39, 0.29) is 17.4 Å². The van der Waals surface area contributed by atoms with Crippen molar-refractivity contribution in [3.63, 3.8) is 0 Å². The average Bonchev–Trinajstić information content (AvgIpc) is 3.55. The quantitative estimate of drug-likeness (QED) is 0.493. The number of carbonyl (C=O) groups is 1. The number of primary amides is 1. The second-order valence-corrected chi connectivity index (χ2v) is 8.18. The van der Waals surface area contributed by atoms with E-state index in [1.54, 1.807) is 50.4 Å². The molecule has 1 aliphatic rings. The summed E-state index contributed by atoms with van der Waals surface area (Å²) in [6.45, 7) is 0. The number of benzene rings is 2. The number of nitrogens with zero attached hydrogens (tertiary/aromatic N) is 3. The Morgan fingerprint density at radius 2 is 1.91 bits per heavy atom. The summed E-state index contributed by atoms with van der Waals surface area (Å²) in [6.07, 6.45) is 3.75. The highest BCUT2D eigenvalue weighted by molar-refractivity contribution is 7.07. The van der Waals surface area contributed by atoms with E-state index in [0.717, 1.165) is 17.6 Å². The summed E-state index contributed by atoms with van der Waals surface area (Å²) in [5.41, 5.74) is 7.51. The van der Waals surface area contributed by atoms with Crippen LogP contribution in [0.25, 0.3) is 11.3 Å².